The highest BCUT2D eigenvalue weighted by Crippen LogP contribution is 2.63. The Labute approximate surface area is 270 Å². The Morgan fingerprint density at radius 3 is 2.20 bits per heavy atom. The number of halogens is 1. The van der Waals surface area contributed by atoms with Gasteiger partial charge in [0, 0.05) is 0 Å². The van der Waals surface area contributed by atoms with Crippen molar-refractivity contribution < 1.29 is 4.39 Å². The van der Waals surface area contributed by atoms with Crippen LogP contribution < -0.4 is 0 Å². The van der Waals surface area contributed by atoms with Gasteiger partial charge in [-0.3, -0.25) is 0 Å². The van der Waals surface area contributed by atoms with Crippen molar-refractivity contribution >= 4 is 5.57 Å². The van der Waals surface area contributed by atoms with Crippen molar-refractivity contribution in [2.75, 3.05) is 0 Å². The maximum absolute atomic E-state index is 13.5. The normalized spacial score (nSPS) is 25.4. The van der Waals surface area contributed by atoms with Gasteiger partial charge >= 0.3 is 0 Å². The van der Waals surface area contributed by atoms with Gasteiger partial charge in [-0.1, -0.05) is 114 Å². The molecule has 240 valence electrons. The molecule has 3 aliphatic rings. The van der Waals surface area contributed by atoms with Crippen LogP contribution >= 0.6 is 0 Å². The molecule has 0 bridgehead atoms. The van der Waals surface area contributed by atoms with Crippen LogP contribution in [0, 0.1) is 17.2 Å². The van der Waals surface area contributed by atoms with Crippen LogP contribution in [0.15, 0.2) is 61.2 Å². The summed E-state index contributed by atoms with van der Waals surface area (Å²) in [6, 6.07) is 14.2. The Bertz CT molecular complexity index is 1220. The van der Waals surface area contributed by atoms with Crippen LogP contribution in [0.1, 0.15) is 182 Å². The average Bonchev–Trinajstić information content (AvgIpc) is 3.35. The molecule has 0 nitrogen and oxygen atoms in total. The summed E-state index contributed by atoms with van der Waals surface area (Å²) in [4.78, 5) is 0. The maximum Gasteiger partial charge on any atom is 0.123 e. The first-order valence-corrected chi connectivity index (χ1v) is 18.6. The Morgan fingerprint density at radius 1 is 0.750 bits per heavy atom. The smallest absolute Gasteiger partial charge is 0.123 e. The molecule has 1 saturated carbocycles. The number of rotatable bonds is 18. The first-order valence-electron chi connectivity index (χ1n) is 18.6. The van der Waals surface area contributed by atoms with Crippen molar-refractivity contribution in [1.29, 1.82) is 0 Å². The summed E-state index contributed by atoms with van der Waals surface area (Å²) in [6.45, 7) is 13.8. The van der Waals surface area contributed by atoms with Gasteiger partial charge in [-0.15, -0.1) is 0 Å². The van der Waals surface area contributed by atoms with E-state index >= 15 is 0 Å². The molecule has 1 heteroatoms. The van der Waals surface area contributed by atoms with Crippen molar-refractivity contribution in [3.8, 4) is 0 Å². The van der Waals surface area contributed by atoms with Gasteiger partial charge in [-0.25, -0.2) is 4.39 Å². The van der Waals surface area contributed by atoms with Crippen LogP contribution in [0.5, 0.6) is 0 Å². The molecule has 0 heterocycles. The number of benzene rings is 2. The van der Waals surface area contributed by atoms with E-state index in [9.17, 15) is 4.39 Å². The summed E-state index contributed by atoms with van der Waals surface area (Å²) in [5.41, 5.74) is 9.29. The molecule has 44 heavy (non-hydrogen) atoms. The average molecular weight is 597 g/mol. The second kappa shape index (κ2) is 15.9. The van der Waals surface area contributed by atoms with Crippen LogP contribution in [0.4, 0.5) is 4.39 Å². The third kappa shape index (κ3) is 8.16. The lowest BCUT2D eigenvalue weighted by Crippen LogP contribution is -2.32. The molecule has 3 aliphatic carbocycles. The van der Waals surface area contributed by atoms with Crippen LogP contribution in [-0.2, 0) is 0 Å². The van der Waals surface area contributed by atoms with E-state index in [4.69, 9.17) is 0 Å². The SMILES string of the molecule is C=C(CCCCCCCCCCC)CCC1(CCCC(=C)c2ccc(F)cc2)CC[C@@H]2C3CCC(C)c4cccc(c43)[C@@H]2C1. The zero-order chi connectivity index (χ0) is 30.9. The lowest BCUT2D eigenvalue weighted by molar-refractivity contribution is 0.0960. The largest absolute Gasteiger partial charge is 0.207 e. The summed E-state index contributed by atoms with van der Waals surface area (Å²) >= 11 is 0. The standard InChI is InChI=1S/C43H61F/c1-5-6-7-8-9-10-11-12-13-16-32(2)26-29-43(28-15-17-33(3)35-21-23-36(44)24-22-35)30-27-38-40-25-20-34(4)37-18-14-19-39(42(37)40)41(38)31-43/h14,18-19,21-24,34,38,40-41H,2-3,5-13,15-17,20,25-31H2,1,4H3/t34?,38-,40?,41-,43?/m1/s1. The second-order valence-electron chi connectivity index (χ2n) is 15.2. The van der Waals surface area contributed by atoms with Crippen LogP contribution in [0.2, 0.25) is 0 Å². The fourth-order valence-electron chi connectivity index (χ4n) is 9.50. The third-order valence-electron chi connectivity index (χ3n) is 12.2. The van der Waals surface area contributed by atoms with E-state index in [1.807, 2.05) is 12.1 Å². The molecule has 5 atom stereocenters. The third-order valence-corrected chi connectivity index (χ3v) is 12.2. The van der Waals surface area contributed by atoms with Crippen molar-refractivity contribution in [3.63, 3.8) is 0 Å². The second-order valence-corrected chi connectivity index (χ2v) is 15.2. The molecule has 5 rings (SSSR count). The van der Waals surface area contributed by atoms with Crippen molar-refractivity contribution in [2.24, 2.45) is 11.3 Å². The zero-order valence-corrected chi connectivity index (χ0v) is 28.3. The van der Waals surface area contributed by atoms with E-state index < -0.39 is 0 Å². The first-order chi connectivity index (χ1) is 21.4. The van der Waals surface area contributed by atoms with Gasteiger partial charge in [0.1, 0.15) is 5.82 Å². The number of fused-ring (bicyclic) bond motifs is 3. The quantitative estimate of drug-likeness (QED) is 0.119. The minimum absolute atomic E-state index is 0.170. The molecular formula is C43H61F. The highest BCUT2D eigenvalue weighted by atomic mass is 19.1. The van der Waals surface area contributed by atoms with Crippen LogP contribution in [0.25, 0.3) is 5.57 Å². The van der Waals surface area contributed by atoms with Gasteiger partial charge in [0.15, 0.2) is 0 Å². The summed E-state index contributed by atoms with van der Waals surface area (Å²) in [7, 11) is 0. The summed E-state index contributed by atoms with van der Waals surface area (Å²) in [5, 5.41) is 0. The van der Waals surface area contributed by atoms with Gasteiger partial charge in [0.25, 0.3) is 0 Å². The summed E-state index contributed by atoms with van der Waals surface area (Å²) in [5.74, 6) is 2.94. The van der Waals surface area contributed by atoms with Crippen molar-refractivity contribution in [2.45, 2.75) is 160 Å². The van der Waals surface area contributed by atoms with E-state index in [-0.39, 0.29) is 5.82 Å². The Kier molecular flexibility index (Phi) is 12.0. The molecule has 1 fully saturated rings. The topological polar surface area (TPSA) is 0 Å². The molecule has 2 aromatic rings. The molecule has 0 saturated heterocycles. The van der Waals surface area contributed by atoms with E-state index in [2.05, 4.69) is 45.2 Å². The Morgan fingerprint density at radius 2 is 1.45 bits per heavy atom. The molecule has 0 N–H and O–H groups in total. The number of hydrogen-bond donors (Lipinski definition) is 0. The molecule has 0 radical (unpaired) electrons. The fraction of sp³-hybridized carbons (Fsp3) is 0.628. The number of unbranched alkanes of at least 4 members (excludes halogenated alkanes) is 8. The lowest BCUT2D eigenvalue weighted by atomic mass is 9.60. The molecule has 2 aromatic carbocycles. The van der Waals surface area contributed by atoms with Gasteiger partial charge in [-0.2, -0.15) is 0 Å². The molecular weight excluding hydrogens is 535 g/mol. The minimum atomic E-state index is -0.170. The molecule has 3 unspecified atom stereocenters. The lowest BCUT2D eigenvalue weighted by Gasteiger charge is -2.45. The monoisotopic (exact) mass is 596 g/mol. The number of hydrogen-bond acceptors (Lipinski definition) is 0. The van der Waals surface area contributed by atoms with E-state index in [0.29, 0.717) is 11.3 Å². The van der Waals surface area contributed by atoms with Crippen LogP contribution in [-0.4, -0.2) is 0 Å². The predicted octanol–water partition coefficient (Wildman–Crippen LogP) is 13.8. The highest BCUT2D eigenvalue weighted by molar-refractivity contribution is 5.63. The van der Waals surface area contributed by atoms with Gasteiger partial charge in [0.05, 0.1) is 0 Å². The van der Waals surface area contributed by atoms with E-state index in [0.717, 1.165) is 35.3 Å². The highest BCUT2D eigenvalue weighted by Gasteiger charge is 2.50. The van der Waals surface area contributed by atoms with Gasteiger partial charge in [-0.05, 0) is 146 Å². The van der Waals surface area contributed by atoms with Crippen molar-refractivity contribution in [1.82, 2.24) is 0 Å². The molecule has 0 amide bonds. The van der Waals surface area contributed by atoms with E-state index in [1.54, 1.807) is 28.8 Å². The Hall–Kier alpha value is -2.15. The van der Waals surface area contributed by atoms with Crippen LogP contribution in [0.3, 0.4) is 0 Å². The van der Waals surface area contributed by atoms with Crippen molar-refractivity contribution in [3.05, 3.63) is 89.3 Å². The molecule has 0 spiro atoms. The fourth-order valence-corrected chi connectivity index (χ4v) is 9.50. The first kappa shape index (κ1) is 33.2. The molecule has 0 aromatic heterocycles. The number of allylic oxidation sites excluding steroid dienone is 2. The maximum atomic E-state index is 13.5. The van der Waals surface area contributed by atoms with E-state index in [1.165, 1.54) is 128 Å². The Balaban J connectivity index is 1.19. The minimum Gasteiger partial charge on any atom is -0.207 e. The van der Waals surface area contributed by atoms with Gasteiger partial charge < -0.3 is 0 Å². The van der Waals surface area contributed by atoms with Gasteiger partial charge in [0.2, 0.25) is 0 Å². The predicted molar refractivity (Wildman–Crippen MR) is 189 cm³/mol. The summed E-state index contributed by atoms with van der Waals surface area (Å²) in [6.07, 6.45) is 26.5. The zero-order valence-electron chi connectivity index (χ0n) is 28.3. The summed E-state index contributed by atoms with van der Waals surface area (Å²) < 4.78 is 13.5. The molecule has 0 aliphatic heterocycles.